The summed E-state index contributed by atoms with van der Waals surface area (Å²) in [5.74, 6) is 0.212. The molecule has 0 amide bonds. The Kier molecular flexibility index (Phi) is 72.8. The molecule has 612 valence electrons. The quantitative estimate of drug-likeness (QED) is 0.0222. The number of phosphoric acid groups is 2. The minimum Gasteiger partial charge on any atom is -0.462 e. The number of hydrogen-bond donors (Lipinski definition) is 3. The number of rotatable bonds is 82. The van der Waals surface area contributed by atoms with Crippen LogP contribution < -0.4 is 0 Å². The van der Waals surface area contributed by atoms with Crippen LogP contribution in [0, 0.1) is 17.8 Å². The van der Waals surface area contributed by atoms with Gasteiger partial charge in [0.05, 0.1) is 26.4 Å². The van der Waals surface area contributed by atoms with E-state index >= 15 is 0 Å². The summed E-state index contributed by atoms with van der Waals surface area (Å²) >= 11 is 0. The first kappa shape index (κ1) is 101. The van der Waals surface area contributed by atoms with Gasteiger partial charge < -0.3 is 33.8 Å². The highest BCUT2D eigenvalue weighted by atomic mass is 31.2. The Morgan fingerprint density at radius 1 is 0.262 bits per heavy atom. The van der Waals surface area contributed by atoms with E-state index in [-0.39, 0.29) is 25.7 Å². The van der Waals surface area contributed by atoms with E-state index in [1.165, 1.54) is 250 Å². The van der Waals surface area contributed by atoms with Gasteiger partial charge in [0, 0.05) is 25.7 Å². The first-order chi connectivity index (χ1) is 49.7. The van der Waals surface area contributed by atoms with E-state index < -0.39 is 97.5 Å². The van der Waals surface area contributed by atoms with Gasteiger partial charge in [0.15, 0.2) is 12.2 Å². The largest absolute Gasteiger partial charge is 0.472 e. The van der Waals surface area contributed by atoms with Crippen molar-refractivity contribution in [2.45, 2.75) is 458 Å². The molecule has 0 spiro atoms. The van der Waals surface area contributed by atoms with Crippen molar-refractivity contribution in [1.82, 2.24) is 0 Å². The van der Waals surface area contributed by atoms with E-state index in [2.05, 4.69) is 48.5 Å². The van der Waals surface area contributed by atoms with Crippen molar-refractivity contribution >= 4 is 39.5 Å². The zero-order chi connectivity index (χ0) is 75.8. The van der Waals surface area contributed by atoms with Gasteiger partial charge in [0.2, 0.25) is 0 Å². The van der Waals surface area contributed by atoms with Gasteiger partial charge in [-0.25, -0.2) is 9.13 Å². The van der Waals surface area contributed by atoms with Crippen LogP contribution in [0.15, 0.2) is 0 Å². The Morgan fingerprint density at radius 3 is 0.660 bits per heavy atom. The Balaban J connectivity index is 5.26. The van der Waals surface area contributed by atoms with Crippen LogP contribution in [0.4, 0.5) is 0 Å². The number of esters is 4. The summed E-state index contributed by atoms with van der Waals surface area (Å²) in [6.07, 6.45) is 63.8. The van der Waals surface area contributed by atoms with Crippen LogP contribution in [0.3, 0.4) is 0 Å². The molecule has 103 heavy (non-hydrogen) atoms. The van der Waals surface area contributed by atoms with Crippen LogP contribution in [0.1, 0.15) is 440 Å². The fourth-order valence-electron chi connectivity index (χ4n) is 13.0. The van der Waals surface area contributed by atoms with E-state index in [0.29, 0.717) is 25.7 Å². The Morgan fingerprint density at radius 2 is 0.447 bits per heavy atom. The number of phosphoric ester groups is 2. The molecule has 0 aromatic rings. The maximum Gasteiger partial charge on any atom is 0.472 e. The smallest absolute Gasteiger partial charge is 0.462 e. The maximum absolute atomic E-state index is 13.1. The Bertz CT molecular complexity index is 1990. The van der Waals surface area contributed by atoms with Gasteiger partial charge in [-0.05, 0) is 43.4 Å². The lowest BCUT2D eigenvalue weighted by Crippen LogP contribution is -2.30. The lowest BCUT2D eigenvalue weighted by molar-refractivity contribution is -0.161. The van der Waals surface area contributed by atoms with Crippen LogP contribution in [0.5, 0.6) is 0 Å². The number of carbonyl (C=O) groups is 4. The number of hydrogen-bond acceptors (Lipinski definition) is 15. The van der Waals surface area contributed by atoms with Crippen LogP contribution in [0.2, 0.25) is 0 Å². The van der Waals surface area contributed by atoms with Crippen LogP contribution >= 0.6 is 15.6 Å². The van der Waals surface area contributed by atoms with E-state index in [0.717, 1.165) is 108 Å². The van der Waals surface area contributed by atoms with Gasteiger partial charge >= 0.3 is 39.5 Å². The highest BCUT2D eigenvalue weighted by Gasteiger charge is 2.30. The second-order valence-electron chi connectivity index (χ2n) is 31.6. The van der Waals surface area contributed by atoms with Gasteiger partial charge in [-0.1, -0.05) is 389 Å². The summed E-state index contributed by atoms with van der Waals surface area (Å²) < 4.78 is 68.8. The lowest BCUT2D eigenvalue weighted by atomic mass is 10.0. The summed E-state index contributed by atoms with van der Waals surface area (Å²) in [6, 6.07) is 0. The molecule has 0 heterocycles. The lowest BCUT2D eigenvalue weighted by Gasteiger charge is -2.21. The topological polar surface area (TPSA) is 237 Å². The molecular weight excluding hydrogens is 1340 g/mol. The fourth-order valence-corrected chi connectivity index (χ4v) is 14.6. The van der Waals surface area contributed by atoms with Crippen LogP contribution in [-0.2, 0) is 65.4 Å². The first-order valence-electron chi connectivity index (χ1n) is 43.3. The molecule has 0 radical (unpaired) electrons. The minimum absolute atomic E-state index is 0.106. The average molecular weight is 1510 g/mol. The molecule has 5 atom stereocenters. The minimum atomic E-state index is -4.97. The fraction of sp³-hybridized carbons (Fsp3) is 0.952. The first-order valence-corrected chi connectivity index (χ1v) is 46.3. The zero-order valence-electron chi connectivity index (χ0n) is 67.8. The molecule has 0 aliphatic carbocycles. The second kappa shape index (κ2) is 74.2. The predicted molar refractivity (Wildman–Crippen MR) is 423 cm³/mol. The summed E-state index contributed by atoms with van der Waals surface area (Å²) in [4.78, 5) is 73.2. The van der Waals surface area contributed by atoms with Crippen molar-refractivity contribution in [1.29, 1.82) is 0 Å². The molecule has 0 aliphatic rings. The summed E-state index contributed by atoms with van der Waals surface area (Å²) in [6.45, 7) is 12.0. The van der Waals surface area contributed by atoms with Gasteiger partial charge in [-0.3, -0.25) is 37.3 Å². The van der Waals surface area contributed by atoms with E-state index in [4.69, 9.17) is 37.0 Å². The monoisotopic (exact) mass is 1510 g/mol. The van der Waals surface area contributed by atoms with Crippen molar-refractivity contribution < 1.29 is 80.2 Å². The molecule has 0 saturated heterocycles. The molecule has 3 N–H and O–H groups in total. The SMILES string of the molecule is CCCCCCCCCCCCCCCCCCCCC(=O)OC[C@H](COP(=O)(O)OC[C@@H](O)COP(=O)(O)OC[C@@H](COC(=O)CCCCCCCCCCCC(C)C)OC(=O)CCCCCCCCCCCCCC(C)C)OC(=O)CCCCCCCCCCCCCCCCCCC(C)C. The highest BCUT2D eigenvalue weighted by molar-refractivity contribution is 7.47. The third-order valence-corrected chi connectivity index (χ3v) is 21.5. The van der Waals surface area contributed by atoms with E-state index in [1.54, 1.807) is 0 Å². The van der Waals surface area contributed by atoms with Crippen molar-refractivity contribution in [3.05, 3.63) is 0 Å². The molecule has 0 aromatic carbocycles. The summed E-state index contributed by atoms with van der Waals surface area (Å²) in [5, 5.41) is 10.7. The molecular formula is C84H164O17P2. The summed E-state index contributed by atoms with van der Waals surface area (Å²) in [5.41, 5.74) is 0. The van der Waals surface area contributed by atoms with Gasteiger partial charge in [-0.15, -0.1) is 0 Å². The molecule has 0 bridgehead atoms. The maximum atomic E-state index is 13.1. The third kappa shape index (κ3) is 78.0. The molecule has 2 unspecified atom stereocenters. The van der Waals surface area contributed by atoms with Crippen molar-refractivity contribution in [3.8, 4) is 0 Å². The van der Waals surface area contributed by atoms with Gasteiger partial charge in [0.1, 0.15) is 19.3 Å². The normalized spacial score (nSPS) is 13.9. The molecule has 0 rings (SSSR count). The van der Waals surface area contributed by atoms with Gasteiger partial charge in [0.25, 0.3) is 0 Å². The standard InChI is InChI=1S/C84H164O17P2/c1-8-9-10-11-12-13-14-15-16-17-18-22-25-30-37-44-51-58-65-81(86)94-71-79(100-83(88)67-60-53-46-38-31-26-23-20-19-21-24-28-34-41-48-55-62-75(2)3)73-98-102(90,91)96-69-78(85)70-97-103(92,93)99-74-80(72-95-82(87)66-59-52-45-40-33-36-43-50-57-64-77(6)7)101-84(89)68-61-54-47-39-32-27-29-35-42-49-56-63-76(4)5/h75-80,85H,8-74H2,1-7H3,(H,90,91)(H,92,93)/t78-,79-,80-/m1/s1. The van der Waals surface area contributed by atoms with Crippen LogP contribution in [0.25, 0.3) is 0 Å². The molecule has 0 aliphatic heterocycles. The number of carbonyl (C=O) groups excluding carboxylic acids is 4. The Hall–Kier alpha value is -1.94. The van der Waals surface area contributed by atoms with Crippen LogP contribution in [-0.4, -0.2) is 96.7 Å². The number of unbranched alkanes of at least 4 members (excludes halogenated alkanes) is 50. The molecule has 17 nitrogen and oxygen atoms in total. The second-order valence-corrected chi connectivity index (χ2v) is 34.6. The van der Waals surface area contributed by atoms with E-state index in [9.17, 15) is 43.2 Å². The number of aliphatic hydroxyl groups is 1. The van der Waals surface area contributed by atoms with Crippen molar-refractivity contribution in [2.24, 2.45) is 17.8 Å². The zero-order valence-corrected chi connectivity index (χ0v) is 69.6. The molecule has 19 heteroatoms. The average Bonchev–Trinajstić information content (AvgIpc) is 0.906. The van der Waals surface area contributed by atoms with Crippen molar-refractivity contribution in [3.63, 3.8) is 0 Å². The molecule has 0 aromatic heterocycles. The predicted octanol–water partition coefficient (Wildman–Crippen LogP) is 25.3. The number of aliphatic hydroxyl groups excluding tert-OH is 1. The molecule has 0 saturated carbocycles. The van der Waals surface area contributed by atoms with Gasteiger partial charge in [-0.2, -0.15) is 0 Å². The third-order valence-electron chi connectivity index (χ3n) is 19.6. The van der Waals surface area contributed by atoms with E-state index in [1.807, 2.05) is 0 Å². The highest BCUT2D eigenvalue weighted by Crippen LogP contribution is 2.45. The number of ether oxygens (including phenoxy) is 4. The summed E-state index contributed by atoms with van der Waals surface area (Å²) in [7, 11) is -9.93. The Labute approximate surface area is 632 Å². The molecule has 0 fully saturated rings. The van der Waals surface area contributed by atoms with Crippen molar-refractivity contribution in [2.75, 3.05) is 39.6 Å².